The van der Waals surface area contributed by atoms with Crippen LogP contribution in [0, 0.1) is 0 Å². The second kappa shape index (κ2) is 8.09. The summed E-state index contributed by atoms with van der Waals surface area (Å²) in [5.74, 6) is -0.00507. The maximum absolute atomic E-state index is 12.6. The van der Waals surface area contributed by atoms with Gasteiger partial charge in [-0.1, -0.05) is 60.7 Å². The van der Waals surface area contributed by atoms with Crippen molar-refractivity contribution >= 4 is 11.6 Å². The number of anilines is 1. The van der Waals surface area contributed by atoms with Crippen LogP contribution in [0.25, 0.3) is 11.1 Å². The molecule has 1 unspecified atom stereocenters. The SMILES string of the molecule is O=C(NCC1CCCN1c1ccccc1)c1ccc(-c2ccccc2)cc1. The van der Waals surface area contributed by atoms with Gasteiger partial charge >= 0.3 is 0 Å². The highest BCUT2D eigenvalue weighted by molar-refractivity contribution is 5.94. The van der Waals surface area contributed by atoms with Crippen LogP contribution in [0.4, 0.5) is 5.69 Å². The van der Waals surface area contributed by atoms with Gasteiger partial charge in [0.2, 0.25) is 0 Å². The zero-order chi connectivity index (χ0) is 18.5. The molecule has 1 aliphatic rings. The molecule has 0 saturated carbocycles. The van der Waals surface area contributed by atoms with E-state index >= 15 is 0 Å². The molecule has 3 heteroatoms. The Bertz CT molecular complexity index is 875. The van der Waals surface area contributed by atoms with E-state index in [0.29, 0.717) is 18.2 Å². The monoisotopic (exact) mass is 356 g/mol. The van der Waals surface area contributed by atoms with E-state index in [1.807, 2.05) is 48.5 Å². The van der Waals surface area contributed by atoms with Crippen molar-refractivity contribution in [2.24, 2.45) is 0 Å². The highest BCUT2D eigenvalue weighted by atomic mass is 16.1. The maximum atomic E-state index is 12.6. The number of hydrogen-bond donors (Lipinski definition) is 1. The Labute approximate surface area is 160 Å². The lowest BCUT2D eigenvalue weighted by Crippen LogP contribution is -2.40. The molecular weight excluding hydrogens is 332 g/mol. The Morgan fingerprint density at radius 1 is 0.852 bits per heavy atom. The minimum Gasteiger partial charge on any atom is -0.367 e. The van der Waals surface area contributed by atoms with E-state index in [4.69, 9.17) is 0 Å². The van der Waals surface area contributed by atoms with Crippen molar-refractivity contribution in [3.63, 3.8) is 0 Å². The van der Waals surface area contributed by atoms with E-state index in [2.05, 4.69) is 46.6 Å². The van der Waals surface area contributed by atoms with E-state index in [-0.39, 0.29) is 5.91 Å². The lowest BCUT2D eigenvalue weighted by atomic mass is 10.0. The van der Waals surface area contributed by atoms with Crippen LogP contribution >= 0.6 is 0 Å². The molecule has 3 nitrogen and oxygen atoms in total. The number of benzene rings is 3. The van der Waals surface area contributed by atoms with E-state index in [9.17, 15) is 4.79 Å². The van der Waals surface area contributed by atoms with Gasteiger partial charge in [-0.2, -0.15) is 0 Å². The lowest BCUT2D eigenvalue weighted by Gasteiger charge is -2.27. The van der Waals surface area contributed by atoms with E-state index in [0.717, 1.165) is 24.1 Å². The summed E-state index contributed by atoms with van der Waals surface area (Å²) in [5, 5.41) is 3.12. The summed E-state index contributed by atoms with van der Waals surface area (Å²) in [7, 11) is 0. The standard InChI is InChI=1S/C24H24N2O/c27-24(21-15-13-20(14-16-21)19-8-3-1-4-9-19)25-18-23-12-7-17-26(23)22-10-5-2-6-11-22/h1-6,8-11,13-16,23H,7,12,17-18H2,(H,25,27). The fourth-order valence-electron chi connectivity index (χ4n) is 3.76. The molecule has 0 spiro atoms. The lowest BCUT2D eigenvalue weighted by molar-refractivity contribution is 0.0951. The van der Waals surface area contributed by atoms with Gasteiger partial charge in [0.15, 0.2) is 0 Å². The van der Waals surface area contributed by atoms with Gasteiger partial charge in [0, 0.05) is 30.4 Å². The zero-order valence-electron chi connectivity index (χ0n) is 15.3. The van der Waals surface area contributed by atoms with Crippen LogP contribution in [0.5, 0.6) is 0 Å². The first-order valence-electron chi connectivity index (χ1n) is 9.56. The van der Waals surface area contributed by atoms with Crippen molar-refractivity contribution in [1.82, 2.24) is 5.32 Å². The van der Waals surface area contributed by atoms with Gasteiger partial charge in [-0.25, -0.2) is 0 Å². The van der Waals surface area contributed by atoms with Crippen molar-refractivity contribution in [2.75, 3.05) is 18.0 Å². The van der Waals surface area contributed by atoms with Crippen molar-refractivity contribution in [3.05, 3.63) is 90.5 Å². The third-order valence-corrected chi connectivity index (χ3v) is 5.22. The number of para-hydroxylation sites is 1. The Kier molecular flexibility index (Phi) is 5.20. The second-order valence-corrected chi connectivity index (χ2v) is 6.98. The minimum absolute atomic E-state index is 0.00507. The smallest absolute Gasteiger partial charge is 0.251 e. The predicted molar refractivity (Wildman–Crippen MR) is 111 cm³/mol. The van der Waals surface area contributed by atoms with Crippen molar-refractivity contribution in [3.8, 4) is 11.1 Å². The molecule has 4 rings (SSSR count). The fraction of sp³-hybridized carbons (Fsp3) is 0.208. The average Bonchev–Trinajstić information content (AvgIpc) is 3.22. The molecule has 1 amide bonds. The Balaban J connectivity index is 1.38. The number of carbonyl (C=O) groups excluding carboxylic acids is 1. The van der Waals surface area contributed by atoms with Crippen molar-refractivity contribution < 1.29 is 4.79 Å². The van der Waals surface area contributed by atoms with Crippen LogP contribution in [0.2, 0.25) is 0 Å². The van der Waals surface area contributed by atoms with Crippen LogP contribution in [0.15, 0.2) is 84.9 Å². The summed E-state index contributed by atoms with van der Waals surface area (Å²) in [6.07, 6.45) is 2.28. The third kappa shape index (κ3) is 4.03. The molecule has 1 aliphatic heterocycles. The molecule has 0 aliphatic carbocycles. The molecule has 0 radical (unpaired) electrons. The minimum atomic E-state index is -0.00507. The molecule has 136 valence electrons. The van der Waals surface area contributed by atoms with Crippen molar-refractivity contribution in [2.45, 2.75) is 18.9 Å². The van der Waals surface area contributed by atoms with Gasteiger partial charge in [0.25, 0.3) is 5.91 Å². The number of hydrogen-bond acceptors (Lipinski definition) is 2. The van der Waals surface area contributed by atoms with E-state index < -0.39 is 0 Å². The predicted octanol–water partition coefficient (Wildman–Crippen LogP) is 4.75. The topological polar surface area (TPSA) is 32.3 Å². The quantitative estimate of drug-likeness (QED) is 0.715. The Morgan fingerprint density at radius 3 is 2.19 bits per heavy atom. The van der Waals surface area contributed by atoms with Crippen molar-refractivity contribution in [1.29, 1.82) is 0 Å². The van der Waals surface area contributed by atoms with Gasteiger partial charge < -0.3 is 10.2 Å². The first kappa shape index (κ1) is 17.3. The van der Waals surface area contributed by atoms with Gasteiger partial charge in [-0.15, -0.1) is 0 Å². The summed E-state index contributed by atoms with van der Waals surface area (Å²) in [6, 6.07) is 28.9. The summed E-state index contributed by atoms with van der Waals surface area (Å²) in [6.45, 7) is 1.73. The summed E-state index contributed by atoms with van der Waals surface area (Å²) in [4.78, 5) is 15.0. The molecule has 27 heavy (non-hydrogen) atoms. The van der Waals surface area contributed by atoms with Crippen LogP contribution in [-0.4, -0.2) is 25.0 Å². The molecule has 3 aromatic carbocycles. The summed E-state index contributed by atoms with van der Waals surface area (Å²) in [5.41, 5.74) is 4.23. The Morgan fingerprint density at radius 2 is 1.48 bits per heavy atom. The van der Waals surface area contributed by atoms with Crippen LogP contribution in [0.1, 0.15) is 23.2 Å². The second-order valence-electron chi connectivity index (χ2n) is 6.98. The van der Waals surface area contributed by atoms with Crippen LogP contribution in [0.3, 0.4) is 0 Å². The molecule has 3 aromatic rings. The first-order chi connectivity index (χ1) is 13.3. The number of nitrogens with zero attached hydrogens (tertiary/aromatic N) is 1. The number of nitrogens with one attached hydrogen (secondary N) is 1. The number of amides is 1. The highest BCUT2D eigenvalue weighted by Crippen LogP contribution is 2.25. The van der Waals surface area contributed by atoms with Gasteiger partial charge in [0.1, 0.15) is 0 Å². The fourth-order valence-corrected chi connectivity index (χ4v) is 3.76. The summed E-state index contributed by atoms with van der Waals surface area (Å²) < 4.78 is 0. The molecule has 0 aromatic heterocycles. The molecule has 1 N–H and O–H groups in total. The average molecular weight is 356 g/mol. The molecular formula is C24H24N2O. The van der Waals surface area contributed by atoms with Gasteiger partial charge in [0.05, 0.1) is 0 Å². The van der Waals surface area contributed by atoms with E-state index in [1.165, 1.54) is 12.1 Å². The molecule has 1 heterocycles. The molecule has 1 saturated heterocycles. The maximum Gasteiger partial charge on any atom is 0.251 e. The van der Waals surface area contributed by atoms with Gasteiger partial charge in [-0.05, 0) is 48.2 Å². The third-order valence-electron chi connectivity index (χ3n) is 5.22. The first-order valence-corrected chi connectivity index (χ1v) is 9.56. The Hall–Kier alpha value is -3.07. The summed E-state index contributed by atoms with van der Waals surface area (Å²) >= 11 is 0. The molecule has 1 atom stereocenters. The highest BCUT2D eigenvalue weighted by Gasteiger charge is 2.25. The largest absolute Gasteiger partial charge is 0.367 e. The number of rotatable bonds is 5. The van der Waals surface area contributed by atoms with Gasteiger partial charge in [-0.3, -0.25) is 4.79 Å². The molecule has 0 bridgehead atoms. The van der Waals surface area contributed by atoms with E-state index in [1.54, 1.807) is 0 Å². The normalized spacial score (nSPS) is 16.3. The van der Waals surface area contributed by atoms with Crippen LogP contribution in [-0.2, 0) is 0 Å². The number of carbonyl (C=O) groups is 1. The zero-order valence-corrected chi connectivity index (χ0v) is 15.3. The molecule has 1 fully saturated rings. The van der Waals surface area contributed by atoms with Crippen LogP contribution < -0.4 is 10.2 Å².